The molecule has 5 rings (SSSR count). The molecule has 2 saturated heterocycles. The van der Waals surface area contributed by atoms with Crippen molar-refractivity contribution in [3.05, 3.63) is 47.6 Å². The first kappa shape index (κ1) is 16.3. The molecule has 0 amide bonds. The van der Waals surface area contributed by atoms with Crippen molar-refractivity contribution >= 4 is 5.69 Å². The van der Waals surface area contributed by atoms with Gasteiger partial charge in [-0.05, 0) is 37.1 Å². The molecule has 6 heteroatoms. The first-order valence-electron chi connectivity index (χ1n) is 9.67. The maximum absolute atomic E-state index is 13.1. The van der Waals surface area contributed by atoms with Gasteiger partial charge < -0.3 is 9.42 Å². The minimum Gasteiger partial charge on any atom is -0.369 e. The van der Waals surface area contributed by atoms with Crippen LogP contribution in [0, 0.1) is 5.82 Å². The summed E-state index contributed by atoms with van der Waals surface area (Å²) in [6, 6.07) is 9.65. The van der Waals surface area contributed by atoms with E-state index < -0.39 is 0 Å². The zero-order valence-corrected chi connectivity index (χ0v) is 15.0. The summed E-state index contributed by atoms with van der Waals surface area (Å²) in [4.78, 5) is 7.39. The minimum atomic E-state index is -0.168. The van der Waals surface area contributed by atoms with Crippen LogP contribution in [0.2, 0.25) is 0 Å². The lowest BCUT2D eigenvalue weighted by molar-refractivity contribution is 0.0243. The van der Waals surface area contributed by atoms with Gasteiger partial charge in [0, 0.05) is 69.5 Å². The molecule has 3 heterocycles. The SMILES string of the molecule is Fc1ccc(N2CCN(C3CN(Cc4cc(C5CC5)on4)C3)CC2)cc1. The average molecular weight is 356 g/mol. The quantitative estimate of drug-likeness (QED) is 0.823. The molecule has 138 valence electrons. The minimum absolute atomic E-state index is 0.168. The zero-order chi connectivity index (χ0) is 17.5. The summed E-state index contributed by atoms with van der Waals surface area (Å²) in [5, 5.41) is 4.22. The maximum atomic E-state index is 13.1. The molecule has 0 atom stereocenters. The molecule has 1 aromatic carbocycles. The Morgan fingerprint density at radius 3 is 2.46 bits per heavy atom. The number of nitrogens with zero attached hydrogens (tertiary/aromatic N) is 4. The van der Waals surface area contributed by atoms with E-state index >= 15 is 0 Å². The van der Waals surface area contributed by atoms with E-state index in [1.165, 1.54) is 12.8 Å². The molecule has 0 radical (unpaired) electrons. The number of aromatic nitrogens is 1. The standard InChI is InChI=1S/C20H25FN4O/c21-16-3-5-18(6-4-16)24-7-9-25(10-8-24)19-13-23(14-19)12-17-11-20(26-22-17)15-1-2-15/h3-6,11,15,19H,1-2,7-10,12-14H2. The Kier molecular flexibility index (Phi) is 4.17. The van der Waals surface area contributed by atoms with Crippen LogP contribution in [-0.2, 0) is 6.54 Å². The molecule has 1 aromatic heterocycles. The van der Waals surface area contributed by atoms with Crippen LogP contribution >= 0.6 is 0 Å². The van der Waals surface area contributed by atoms with Gasteiger partial charge in [0.1, 0.15) is 11.6 Å². The number of hydrogen-bond donors (Lipinski definition) is 0. The van der Waals surface area contributed by atoms with Gasteiger partial charge in [-0.1, -0.05) is 5.16 Å². The Balaban J connectivity index is 1.08. The van der Waals surface area contributed by atoms with E-state index in [2.05, 4.69) is 25.9 Å². The van der Waals surface area contributed by atoms with Gasteiger partial charge in [-0.2, -0.15) is 0 Å². The van der Waals surface area contributed by atoms with Crippen molar-refractivity contribution in [2.24, 2.45) is 0 Å². The average Bonchev–Trinajstić information content (AvgIpc) is 3.38. The van der Waals surface area contributed by atoms with Gasteiger partial charge in [0.05, 0.1) is 5.69 Å². The third-order valence-corrected chi connectivity index (χ3v) is 5.90. The molecule has 1 saturated carbocycles. The molecular weight excluding hydrogens is 331 g/mol. The number of rotatable bonds is 5. The summed E-state index contributed by atoms with van der Waals surface area (Å²) < 4.78 is 18.5. The predicted molar refractivity (Wildman–Crippen MR) is 97.7 cm³/mol. The largest absolute Gasteiger partial charge is 0.369 e. The van der Waals surface area contributed by atoms with E-state index in [1.807, 2.05) is 12.1 Å². The highest BCUT2D eigenvalue weighted by atomic mass is 19.1. The van der Waals surface area contributed by atoms with Crippen LogP contribution in [0.5, 0.6) is 0 Å². The Hall–Kier alpha value is -1.92. The normalized spacial score (nSPS) is 22.6. The van der Waals surface area contributed by atoms with Crippen LogP contribution in [-0.4, -0.2) is 60.3 Å². The molecule has 0 spiro atoms. The van der Waals surface area contributed by atoms with Gasteiger partial charge in [0.15, 0.2) is 0 Å². The summed E-state index contributed by atoms with van der Waals surface area (Å²) in [6.45, 7) is 7.30. The van der Waals surface area contributed by atoms with Crippen molar-refractivity contribution in [2.75, 3.05) is 44.2 Å². The lowest BCUT2D eigenvalue weighted by atomic mass is 10.1. The van der Waals surface area contributed by atoms with Crippen LogP contribution in [0.4, 0.5) is 10.1 Å². The first-order chi connectivity index (χ1) is 12.7. The van der Waals surface area contributed by atoms with Crippen molar-refractivity contribution in [1.29, 1.82) is 0 Å². The molecule has 5 nitrogen and oxygen atoms in total. The molecule has 1 aliphatic carbocycles. The smallest absolute Gasteiger partial charge is 0.140 e. The summed E-state index contributed by atoms with van der Waals surface area (Å²) in [5.41, 5.74) is 2.20. The van der Waals surface area contributed by atoms with Crippen LogP contribution in [0.3, 0.4) is 0 Å². The number of benzene rings is 1. The van der Waals surface area contributed by atoms with Crippen molar-refractivity contribution in [3.63, 3.8) is 0 Å². The summed E-state index contributed by atoms with van der Waals surface area (Å²) in [5.74, 6) is 1.55. The highest BCUT2D eigenvalue weighted by Crippen LogP contribution is 2.40. The molecule has 2 aliphatic heterocycles. The second kappa shape index (κ2) is 6.67. The number of hydrogen-bond acceptors (Lipinski definition) is 5. The Morgan fingerprint density at radius 1 is 1.04 bits per heavy atom. The fourth-order valence-corrected chi connectivity index (χ4v) is 4.09. The molecular formula is C20H25FN4O. The fraction of sp³-hybridized carbons (Fsp3) is 0.550. The zero-order valence-electron chi connectivity index (χ0n) is 15.0. The van der Waals surface area contributed by atoms with Crippen molar-refractivity contribution in [2.45, 2.75) is 31.3 Å². The van der Waals surface area contributed by atoms with E-state index in [9.17, 15) is 4.39 Å². The monoisotopic (exact) mass is 356 g/mol. The Morgan fingerprint density at radius 2 is 1.77 bits per heavy atom. The van der Waals surface area contributed by atoms with Crippen LogP contribution in [0.15, 0.2) is 34.9 Å². The van der Waals surface area contributed by atoms with Crippen LogP contribution in [0.1, 0.15) is 30.2 Å². The molecule has 0 bridgehead atoms. The third-order valence-electron chi connectivity index (χ3n) is 5.90. The van der Waals surface area contributed by atoms with Gasteiger partial charge in [-0.25, -0.2) is 4.39 Å². The molecule has 0 N–H and O–H groups in total. The highest BCUT2D eigenvalue weighted by molar-refractivity contribution is 5.46. The number of piperazine rings is 1. The van der Waals surface area contributed by atoms with Gasteiger partial charge in [0.2, 0.25) is 0 Å². The topological polar surface area (TPSA) is 35.8 Å². The molecule has 3 fully saturated rings. The van der Waals surface area contributed by atoms with Crippen LogP contribution in [0.25, 0.3) is 0 Å². The van der Waals surface area contributed by atoms with Gasteiger partial charge in [0.25, 0.3) is 0 Å². The molecule has 2 aromatic rings. The van der Waals surface area contributed by atoms with Crippen molar-refractivity contribution in [1.82, 2.24) is 15.0 Å². The molecule has 0 unspecified atom stereocenters. The van der Waals surface area contributed by atoms with Crippen LogP contribution < -0.4 is 4.90 Å². The van der Waals surface area contributed by atoms with E-state index in [-0.39, 0.29) is 5.82 Å². The Labute approximate surface area is 153 Å². The van der Waals surface area contributed by atoms with Crippen molar-refractivity contribution < 1.29 is 8.91 Å². The van der Waals surface area contributed by atoms with Gasteiger partial charge in [-0.3, -0.25) is 9.80 Å². The molecule has 26 heavy (non-hydrogen) atoms. The van der Waals surface area contributed by atoms with E-state index in [4.69, 9.17) is 4.52 Å². The summed E-state index contributed by atoms with van der Waals surface area (Å²) in [6.07, 6.45) is 2.51. The first-order valence-corrected chi connectivity index (χ1v) is 9.67. The second-order valence-corrected chi connectivity index (χ2v) is 7.84. The third kappa shape index (κ3) is 3.35. The Bertz CT molecular complexity index is 743. The van der Waals surface area contributed by atoms with E-state index in [1.54, 1.807) is 12.1 Å². The summed E-state index contributed by atoms with van der Waals surface area (Å²) in [7, 11) is 0. The number of likely N-dealkylation sites (tertiary alicyclic amines) is 1. The maximum Gasteiger partial charge on any atom is 0.140 e. The fourth-order valence-electron chi connectivity index (χ4n) is 4.09. The van der Waals surface area contributed by atoms with Gasteiger partial charge in [-0.15, -0.1) is 0 Å². The summed E-state index contributed by atoms with van der Waals surface area (Å²) >= 11 is 0. The molecule has 3 aliphatic rings. The highest BCUT2D eigenvalue weighted by Gasteiger charge is 2.34. The predicted octanol–water partition coefficient (Wildman–Crippen LogP) is 2.70. The lowest BCUT2D eigenvalue weighted by Gasteiger charge is -2.48. The lowest BCUT2D eigenvalue weighted by Crippen LogP contribution is -2.62. The van der Waals surface area contributed by atoms with Gasteiger partial charge >= 0.3 is 0 Å². The number of halogens is 1. The van der Waals surface area contributed by atoms with E-state index in [0.717, 1.165) is 63.0 Å². The number of anilines is 1. The second-order valence-electron chi connectivity index (χ2n) is 7.84. The van der Waals surface area contributed by atoms with Crippen molar-refractivity contribution in [3.8, 4) is 0 Å². The van der Waals surface area contributed by atoms with E-state index in [0.29, 0.717) is 12.0 Å².